The van der Waals surface area contributed by atoms with Crippen LogP contribution in [0, 0.1) is 0 Å². The lowest BCUT2D eigenvalue weighted by atomic mass is 10.2. The zero-order valence-electron chi connectivity index (χ0n) is 16.6. The Morgan fingerprint density at radius 2 is 1.73 bits per heavy atom. The highest BCUT2D eigenvalue weighted by atomic mass is 16.5. The van der Waals surface area contributed by atoms with Gasteiger partial charge in [-0.1, -0.05) is 0 Å². The summed E-state index contributed by atoms with van der Waals surface area (Å²) in [5.74, 6) is 1.38. The van der Waals surface area contributed by atoms with Crippen molar-refractivity contribution >= 4 is 17.3 Å². The summed E-state index contributed by atoms with van der Waals surface area (Å²) in [6, 6.07) is 19.8. The number of carbonyl (C=O) groups excluding carboxylic acids is 1. The number of benzene rings is 2. The van der Waals surface area contributed by atoms with Crippen molar-refractivity contribution in [1.29, 1.82) is 0 Å². The summed E-state index contributed by atoms with van der Waals surface area (Å²) >= 11 is 0. The minimum Gasteiger partial charge on any atom is -0.438 e. The Morgan fingerprint density at radius 3 is 2.33 bits per heavy atom. The summed E-state index contributed by atoms with van der Waals surface area (Å²) in [5.41, 5.74) is 2.30. The molecule has 0 aliphatic rings. The van der Waals surface area contributed by atoms with E-state index in [9.17, 15) is 4.79 Å². The van der Waals surface area contributed by atoms with Crippen molar-refractivity contribution < 1.29 is 9.53 Å². The molecule has 0 saturated carbocycles. The highest BCUT2D eigenvalue weighted by molar-refractivity contribution is 6.04. The number of nitrogens with one attached hydrogen (secondary N) is 1. The first-order valence-corrected chi connectivity index (χ1v) is 9.29. The van der Waals surface area contributed by atoms with E-state index in [0.29, 0.717) is 28.7 Å². The normalized spacial score (nSPS) is 10.5. The molecular weight excluding hydrogens is 380 g/mol. The number of anilines is 2. The Morgan fingerprint density at radius 1 is 0.967 bits per heavy atom. The van der Waals surface area contributed by atoms with Crippen LogP contribution in [-0.2, 0) is 0 Å². The Kier molecular flexibility index (Phi) is 5.38. The minimum atomic E-state index is -0.172. The number of hydrogen-bond donors (Lipinski definition) is 1. The summed E-state index contributed by atoms with van der Waals surface area (Å²) in [6.45, 7) is 0. The molecule has 2 aromatic heterocycles. The SMILES string of the molecule is CN(C)c1ccc(C(=O)Nc2ccc(Oc3ccc(-n4cccn4)nn3)cc2)cc1. The lowest BCUT2D eigenvalue weighted by Gasteiger charge is -2.12. The molecule has 0 aliphatic carbocycles. The lowest BCUT2D eigenvalue weighted by Crippen LogP contribution is -2.13. The molecule has 0 bridgehead atoms. The van der Waals surface area contributed by atoms with Gasteiger partial charge < -0.3 is 15.0 Å². The quantitative estimate of drug-likeness (QED) is 0.530. The smallest absolute Gasteiger partial charge is 0.255 e. The Balaban J connectivity index is 1.37. The molecule has 0 atom stereocenters. The van der Waals surface area contributed by atoms with Crippen molar-refractivity contribution in [2.45, 2.75) is 0 Å². The summed E-state index contributed by atoms with van der Waals surface area (Å²) in [7, 11) is 3.91. The van der Waals surface area contributed by atoms with E-state index in [1.807, 2.05) is 37.2 Å². The molecule has 0 spiro atoms. The molecule has 30 heavy (non-hydrogen) atoms. The molecule has 0 radical (unpaired) electrons. The van der Waals surface area contributed by atoms with Gasteiger partial charge in [0, 0.05) is 49.5 Å². The van der Waals surface area contributed by atoms with Crippen molar-refractivity contribution in [2.75, 3.05) is 24.3 Å². The summed E-state index contributed by atoms with van der Waals surface area (Å²) in [4.78, 5) is 14.4. The molecule has 4 rings (SSSR count). The van der Waals surface area contributed by atoms with E-state index in [2.05, 4.69) is 20.6 Å². The topological polar surface area (TPSA) is 85.2 Å². The van der Waals surface area contributed by atoms with Crippen LogP contribution >= 0.6 is 0 Å². The zero-order chi connectivity index (χ0) is 20.9. The molecule has 8 nitrogen and oxygen atoms in total. The maximum atomic E-state index is 12.4. The van der Waals surface area contributed by atoms with Gasteiger partial charge in [-0.15, -0.1) is 10.2 Å². The van der Waals surface area contributed by atoms with Crippen molar-refractivity contribution in [1.82, 2.24) is 20.0 Å². The van der Waals surface area contributed by atoms with Crippen LogP contribution in [0.2, 0.25) is 0 Å². The maximum Gasteiger partial charge on any atom is 0.255 e. The van der Waals surface area contributed by atoms with E-state index < -0.39 is 0 Å². The van der Waals surface area contributed by atoms with Crippen molar-refractivity contribution in [3.05, 3.63) is 84.7 Å². The number of carbonyl (C=O) groups is 1. The van der Waals surface area contributed by atoms with Gasteiger partial charge in [0.05, 0.1) is 0 Å². The summed E-state index contributed by atoms with van der Waals surface area (Å²) in [5, 5.41) is 15.1. The number of rotatable bonds is 6. The van der Waals surface area contributed by atoms with Crippen LogP contribution in [0.25, 0.3) is 5.82 Å². The molecule has 150 valence electrons. The lowest BCUT2D eigenvalue weighted by molar-refractivity contribution is 0.102. The predicted octanol–water partition coefficient (Wildman–Crippen LogP) is 3.77. The molecule has 2 heterocycles. The highest BCUT2D eigenvalue weighted by Crippen LogP contribution is 2.22. The standard InChI is InChI=1S/C22H20N6O2/c1-27(2)18-8-4-16(5-9-18)22(29)24-17-6-10-19(11-7-17)30-21-13-12-20(25-26-21)28-15-3-14-23-28/h3-15H,1-2H3,(H,24,29). The third-order valence-corrected chi connectivity index (χ3v) is 4.35. The Labute approximate surface area is 173 Å². The minimum absolute atomic E-state index is 0.172. The molecule has 0 aliphatic heterocycles. The Hall–Kier alpha value is -4.20. The molecule has 8 heteroatoms. The van der Waals surface area contributed by atoms with Crippen LogP contribution in [0.3, 0.4) is 0 Å². The number of amides is 1. The van der Waals surface area contributed by atoms with Gasteiger partial charge >= 0.3 is 0 Å². The molecule has 2 aromatic carbocycles. The van der Waals surface area contributed by atoms with Gasteiger partial charge in [-0.3, -0.25) is 4.79 Å². The number of ether oxygens (including phenoxy) is 1. The fourth-order valence-electron chi connectivity index (χ4n) is 2.74. The summed E-state index contributed by atoms with van der Waals surface area (Å²) in [6.07, 6.45) is 3.46. The monoisotopic (exact) mass is 400 g/mol. The van der Waals surface area contributed by atoms with Crippen LogP contribution in [0.1, 0.15) is 10.4 Å². The number of hydrogen-bond acceptors (Lipinski definition) is 6. The first-order valence-electron chi connectivity index (χ1n) is 9.29. The Bertz CT molecular complexity index is 1110. The van der Waals surface area contributed by atoms with Gasteiger partial charge in [-0.05, 0) is 60.7 Å². The van der Waals surface area contributed by atoms with Crippen LogP contribution in [0.4, 0.5) is 11.4 Å². The van der Waals surface area contributed by atoms with Gasteiger partial charge in [0.2, 0.25) is 5.88 Å². The van der Waals surface area contributed by atoms with Crippen LogP contribution in [0.5, 0.6) is 11.6 Å². The second kappa shape index (κ2) is 8.44. The number of nitrogens with zero attached hydrogens (tertiary/aromatic N) is 5. The number of aromatic nitrogens is 4. The van der Waals surface area contributed by atoms with Gasteiger partial charge in [-0.2, -0.15) is 5.10 Å². The van der Waals surface area contributed by atoms with Crippen molar-refractivity contribution in [2.24, 2.45) is 0 Å². The van der Waals surface area contributed by atoms with E-state index in [4.69, 9.17) is 4.74 Å². The second-order valence-electron chi connectivity index (χ2n) is 6.70. The van der Waals surface area contributed by atoms with Crippen molar-refractivity contribution in [3.63, 3.8) is 0 Å². The van der Waals surface area contributed by atoms with E-state index in [-0.39, 0.29) is 5.91 Å². The average Bonchev–Trinajstić information content (AvgIpc) is 3.31. The van der Waals surface area contributed by atoms with Gasteiger partial charge in [-0.25, -0.2) is 4.68 Å². The third kappa shape index (κ3) is 4.44. The zero-order valence-corrected chi connectivity index (χ0v) is 16.6. The largest absolute Gasteiger partial charge is 0.438 e. The molecule has 0 unspecified atom stereocenters. The molecular formula is C22H20N6O2. The highest BCUT2D eigenvalue weighted by Gasteiger charge is 2.08. The van der Waals surface area contributed by atoms with Crippen LogP contribution in [-0.4, -0.2) is 40.0 Å². The second-order valence-corrected chi connectivity index (χ2v) is 6.70. The van der Waals surface area contributed by atoms with E-state index >= 15 is 0 Å². The van der Waals surface area contributed by atoms with Gasteiger partial charge in [0.25, 0.3) is 5.91 Å². The van der Waals surface area contributed by atoms with E-state index in [1.165, 1.54) is 0 Å². The van der Waals surface area contributed by atoms with E-state index in [0.717, 1.165) is 5.69 Å². The van der Waals surface area contributed by atoms with E-state index in [1.54, 1.807) is 65.6 Å². The molecule has 1 amide bonds. The molecule has 0 saturated heterocycles. The first-order chi connectivity index (χ1) is 14.6. The van der Waals surface area contributed by atoms with Crippen LogP contribution in [0.15, 0.2) is 79.1 Å². The van der Waals surface area contributed by atoms with Gasteiger partial charge in [0.1, 0.15) is 5.75 Å². The average molecular weight is 400 g/mol. The fourth-order valence-corrected chi connectivity index (χ4v) is 2.74. The molecule has 1 N–H and O–H groups in total. The maximum absolute atomic E-state index is 12.4. The molecule has 0 fully saturated rings. The van der Waals surface area contributed by atoms with Crippen LogP contribution < -0.4 is 15.0 Å². The fraction of sp³-hybridized carbons (Fsp3) is 0.0909. The van der Waals surface area contributed by atoms with Crippen molar-refractivity contribution in [3.8, 4) is 17.4 Å². The van der Waals surface area contributed by atoms with Gasteiger partial charge in [0.15, 0.2) is 5.82 Å². The molecule has 4 aromatic rings. The first kappa shape index (κ1) is 19.1. The summed E-state index contributed by atoms with van der Waals surface area (Å²) < 4.78 is 7.32. The predicted molar refractivity (Wildman–Crippen MR) is 114 cm³/mol. The third-order valence-electron chi connectivity index (χ3n) is 4.35.